The maximum absolute atomic E-state index is 15.6. The number of hydrogen-bond acceptors (Lipinski definition) is 0. The Morgan fingerprint density at radius 1 is 0.347 bits per heavy atom. The average Bonchev–Trinajstić information content (AvgIpc) is 4.04. The summed E-state index contributed by atoms with van der Waals surface area (Å²) in [5.74, 6) is 0. The number of hydrogen-bond donors (Lipinski definition) is 0. The number of halogens is 3. The molecule has 2 aromatic heterocycles. The molecule has 0 unspecified atom stereocenters. The largest absolute Gasteiger partial charge is 0.417 e. The van der Waals surface area contributed by atoms with Crippen LogP contribution in [-0.4, -0.2) is 9.13 Å². The van der Waals surface area contributed by atoms with Gasteiger partial charge in [-0.1, -0.05) is 182 Å². The van der Waals surface area contributed by atoms with Crippen LogP contribution in [0.4, 0.5) is 18.9 Å². The quantitative estimate of drug-likeness (QED) is 0.135. The third kappa shape index (κ3) is 7.68. The van der Waals surface area contributed by atoms with Crippen LogP contribution >= 0.6 is 0 Å². The van der Waals surface area contributed by atoms with Crippen LogP contribution in [0.3, 0.4) is 0 Å². The molecule has 13 rings (SSSR count). The smallest absolute Gasteiger partial charge is 0.310 e. The van der Waals surface area contributed by atoms with Crippen LogP contribution in [0.2, 0.25) is 0 Å². The van der Waals surface area contributed by atoms with E-state index in [-0.39, 0.29) is 5.56 Å². The lowest BCUT2D eigenvalue weighted by Crippen LogP contribution is -2.10. The molecule has 11 aromatic carbocycles. The lowest BCUT2D eigenvalue weighted by atomic mass is 9.86. The number of fused-ring (bicyclic) bond motifs is 6. The number of benzene rings is 11. The van der Waals surface area contributed by atoms with Crippen molar-refractivity contribution < 1.29 is 13.2 Å². The van der Waals surface area contributed by atoms with Gasteiger partial charge in [-0.2, -0.15) is 13.2 Å². The third-order valence-corrected chi connectivity index (χ3v) is 14.7. The first-order valence-electron chi connectivity index (χ1n) is 24.9. The normalized spacial score (nSPS) is 11.7. The Bertz CT molecular complexity index is 4200. The summed E-state index contributed by atoms with van der Waals surface area (Å²) in [6, 6.07) is 82.6. The van der Waals surface area contributed by atoms with Gasteiger partial charge in [0.15, 0.2) is 5.69 Å². The molecule has 0 aliphatic rings. The summed E-state index contributed by atoms with van der Waals surface area (Å²) in [7, 11) is 0. The SMILES string of the molecule is [C-]#[N+]c1cccc(-n2c3ccc(-c4ccccc4)cc3c3cc(-c4ccccc4)ccc32)c1-c1c(-c2c(C)cccc2C(F)(F)F)cccc1-n1c2ccc(-c3ccccc3)cc2c2cc(-c3ccccc3)ccc21. The molecule has 0 radical (unpaired) electrons. The van der Waals surface area contributed by atoms with Gasteiger partial charge in [-0.25, -0.2) is 4.85 Å². The van der Waals surface area contributed by atoms with E-state index >= 15 is 13.2 Å². The van der Waals surface area contributed by atoms with Crippen molar-refractivity contribution in [2.75, 3.05) is 0 Å². The van der Waals surface area contributed by atoms with Crippen molar-refractivity contribution in [3.8, 4) is 78.1 Å². The molecule has 2 heterocycles. The van der Waals surface area contributed by atoms with Gasteiger partial charge in [0.25, 0.3) is 0 Å². The van der Waals surface area contributed by atoms with Gasteiger partial charge in [0.2, 0.25) is 0 Å². The third-order valence-electron chi connectivity index (χ3n) is 14.7. The Balaban J connectivity index is 1.17. The highest BCUT2D eigenvalue weighted by Crippen LogP contribution is 2.51. The second-order valence-corrected chi connectivity index (χ2v) is 19.0. The molecule has 3 nitrogen and oxygen atoms in total. The second kappa shape index (κ2) is 18.1. The first kappa shape index (κ1) is 45.2. The van der Waals surface area contributed by atoms with Crippen LogP contribution in [0.1, 0.15) is 11.1 Å². The first-order valence-corrected chi connectivity index (χ1v) is 24.9. The number of alkyl halides is 3. The van der Waals surface area contributed by atoms with Crippen molar-refractivity contribution in [2.24, 2.45) is 0 Å². The van der Waals surface area contributed by atoms with Crippen LogP contribution in [0.5, 0.6) is 0 Å². The highest BCUT2D eigenvalue weighted by molar-refractivity contribution is 6.15. The van der Waals surface area contributed by atoms with E-state index in [0.29, 0.717) is 39.3 Å². The molecule has 0 spiro atoms. The summed E-state index contributed by atoms with van der Waals surface area (Å²) >= 11 is 0. The van der Waals surface area contributed by atoms with Gasteiger partial charge in [-0.3, -0.25) is 0 Å². The fraction of sp³-hybridized carbons (Fsp3) is 0.0290. The van der Waals surface area contributed by atoms with E-state index in [2.05, 4.69) is 135 Å². The zero-order chi connectivity index (χ0) is 50.8. The molecule has 356 valence electrons. The zero-order valence-corrected chi connectivity index (χ0v) is 40.6. The van der Waals surface area contributed by atoms with Crippen LogP contribution in [0.15, 0.2) is 249 Å². The van der Waals surface area contributed by atoms with Gasteiger partial charge in [0.05, 0.1) is 39.9 Å². The van der Waals surface area contributed by atoms with E-state index in [1.54, 1.807) is 25.1 Å². The Kier molecular flexibility index (Phi) is 10.9. The topological polar surface area (TPSA) is 14.2 Å². The molecule has 0 aliphatic carbocycles. The van der Waals surface area contributed by atoms with Gasteiger partial charge < -0.3 is 9.13 Å². The summed E-state index contributed by atoms with van der Waals surface area (Å²) in [6.45, 7) is 10.7. The fourth-order valence-electron chi connectivity index (χ4n) is 11.3. The Morgan fingerprint density at radius 3 is 1.08 bits per heavy atom. The molecular weight excluding hydrogens is 928 g/mol. The Labute approximate surface area is 432 Å². The molecule has 0 N–H and O–H groups in total. The predicted octanol–water partition coefficient (Wildman–Crippen LogP) is 19.8. The summed E-state index contributed by atoms with van der Waals surface area (Å²) in [4.78, 5) is 4.26. The fourth-order valence-corrected chi connectivity index (χ4v) is 11.3. The van der Waals surface area contributed by atoms with E-state index in [1.165, 1.54) is 12.1 Å². The lowest BCUT2D eigenvalue weighted by Gasteiger charge is -2.25. The number of rotatable bonds is 8. The van der Waals surface area contributed by atoms with Gasteiger partial charge in [-0.05, 0) is 135 Å². The number of aromatic nitrogens is 2. The Hall–Kier alpha value is -9.70. The minimum atomic E-state index is -4.69. The molecule has 75 heavy (non-hydrogen) atoms. The summed E-state index contributed by atoms with van der Waals surface area (Å²) in [5.41, 5.74) is 14.7. The highest BCUT2D eigenvalue weighted by Gasteiger charge is 2.36. The molecular formula is C69H44F3N3. The molecule has 0 saturated heterocycles. The van der Waals surface area contributed by atoms with Gasteiger partial charge in [0, 0.05) is 38.4 Å². The average molecular weight is 972 g/mol. The maximum Gasteiger partial charge on any atom is 0.417 e. The predicted molar refractivity (Wildman–Crippen MR) is 304 cm³/mol. The van der Waals surface area contributed by atoms with Crippen LogP contribution in [0, 0.1) is 13.5 Å². The van der Waals surface area contributed by atoms with Gasteiger partial charge in [0.1, 0.15) is 0 Å². The lowest BCUT2D eigenvalue weighted by molar-refractivity contribution is -0.137. The van der Waals surface area contributed by atoms with E-state index in [4.69, 9.17) is 6.57 Å². The molecule has 0 amide bonds. The first-order chi connectivity index (χ1) is 36.7. The summed E-state index contributed by atoms with van der Waals surface area (Å²) in [6.07, 6.45) is -4.69. The van der Waals surface area contributed by atoms with Crippen LogP contribution in [-0.2, 0) is 6.18 Å². The van der Waals surface area contributed by atoms with Gasteiger partial charge >= 0.3 is 6.18 Å². The number of aryl methyl sites for hydroxylation is 1. The van der Waals surface area contributed by atoms with E-state index in [9.17, 15) is 0 Å². The second-order valence-electron chi connectivity index (χ2n) is 19.0. The highest BCUT2D eigenvalue weighted by atomic mass is 19.4. The van der Waals surface area contributed by atoms with Crippen molar-refractivity contribution in [1.82, 2.24) is 9.13 Å². The Morgan fingerprint density at radius 2 is 0.707 bits per heavy atom. The van der Waals surface area contributed by atoms with Crippen molar-refractivity contribution in [3.05, 3.63) is 271 Å². The van der Waals surface area contributed by atoms with Crippen LogP contribution < -0.4 is 0 Å². The van der Waals surface area contributed by atoms with Crippen molar-refractivity contribution in [3.63, 3.8) is 0 Å². The molecule has 6 heteroatoms. The van der Waals surface area contributed by atoms with Gasteiger partial charge in [-0.15, -0.1) is 0 Å². The minimum Gasteiger partial charge on any atom is -0.310 e. The molecule has 13 aromatic rings. The maximum atomic E-state index is 15.6. The van der Waals surface area contributed by atoms with Crippen molar-refractivity contribution >= 4 is 49.3 Å². The molecule has 0 saturated carbocycles. The monoisotopic (exact) mass is 971 g/mol. The summed E-state index contributed by atoms with van der Waals surface area (Å²) < 4.78 is 51.3. The zero-order valence-electron chi connectivity index (χ0n) is 40.6. The molecule has 0 bridgehead atoms. The van der Waals surface area contributed by atoms with Crippen molar-refractivity contribution in [1.29, 1.82) is 0 Å². The van der Waals surface area contributed by atoms with E-state index in [1.807, 2.05) is 97.1 Å². The van der Waals surface area contributed by atoms with Crippen molar-refractivity contribution in [2.45, 2.75) is 13.1 Å². The molecule has 0 atom stereocenters. The number of nitrogens with zero attached hydrogens (tertiary/aromatic N) is 3. The summed E-state index contributed by atoms with van der Waals surface area (Å²) in [5, 5.41) is 3.97. The minimum absolute atomic E-state index is 0.0632. The van der Waals surface area contributed by atoms with Crippen LogP contribution in [0.25, 0.3) is 127 Å². The van der Waals surface area contributed by atoms with E-state index in [0.717, 1.165) is 88.1 Å². The molecule has 0 fully saturated rings. The standard InChI is InChI=1S/C69H44F3N3/c1-44-18-15-28-58(69(70,71)72)66(44)53-27-16-30-64(74-60-36-32-49(45-19-7-3-8-20-45)40-54(60)55-41-50(33-37-61(55)74)46-21-9-4-10-22-46)67(53)68-59(73-2)29-17-31-65(68)75-62-38-34-51(47-23-11-5-12-24-47)42-56(62)57-43-52(35-39-63(57)75)48-25-13-6-14-26-48/h3-43H,1H3. The molecule has 0 aliphatic heterocycles. The van der Waals surface area contributed by atoms with E-state index < -0.39 is 11.7 Å².